The summed E-state index contributed by atoms with van der Waals surface area (Å²) in [6.07, 6.45) is 3.22. The maximum absolute atomic E-state index is 11.8. The highest BCUT2D eigenvalue weighted by Crippen LogP contribution is 2.22. The normalized spacial score (nSPS) is 24.0. The third kappa shape index (κ3) is 3.19. The molecule has 0 amide bonds. The van der Waals surface area contributed by atoms with Crippen molar-refractivity contribution >= 4 is 10.1 Å². The van der Waals surface area contributed by atoms with Gasteiger partial charge in [0, 0.05) is 0 Å². The molecule has 98 valence electrons. The number of ether oxygens (including phenoxy) is 1. The standard InChI is InChI=1S/C13H16O4S/c1-2-11-8-9-12(17-11)10-16-18(14,15)13-6-4-3-5-7-13/h2-7,11-12H,1,8-10H2/t11-,12+/m1/s1. The largest absolute Gasteiger partial charge is 0.368 e. The van der Waals surface area contributed by atoms with Gasteiger partial charge in [-0.25, -0.2) is 0 Å². The predicted molar refractivity (Wildman–Crippen MR) is 67.7 cm³/mol. The summed E-state index contributed by atoms with van der Waals surface area (Å²) >= 11 is 0. The van der Waals surface area contributed by atoms with Crippen LogP contribution in [0.15, 0.2) is 47.9 Å². The molecule has 1 aromatic rings. The van der Waals surface area contributed by atoms with Crippen LogP contribution in [-0.4, -0.2) is 27.2 Å². The minimum Gasteiger partial charge on any atom is -0.368 e. The lowest BCUT2D eigenvalue weighted by Gasteiger charge is -2.11. The number of rotatable bonds is 5. The van der Waals surface area contributed by atoms with Crippen molar-refractivity contribution in [1.29, 1.82) is 0 Å². The molecule has 0 aromatic heterocycles. The van der Waals surface area contributed by atoms with Gasteiger partial charge in [-0.05, 0) is 25.0 Å². The summed E-state index contributed by atoms with van der Waals surface area (Å²) < 4.78 is 34.2. The van der Waals surface area contributed by atoms with Crippen molar-refractivity contribution in [2.45, 2.75) is 29.9 Å². The first-order chi connectivity index (χ1) is 8.62. The molecule has 0 saturated carbocycles. The van der Waals surface area contributed by atoms with Gasteiger partial charge in [-0.15, -0.1) is 6.58 Å². The first-order valence-electron chi connectivity index (χ1n) is 5.84. The van der Waals surface area contributed by atoms with Gasteiger partial charge in [0.15, 0.2) is 0 Å². The molecule has 0 spiro atoms. The molecule has 0 bridgehead atoms. The molecular weight excluding hydrogens is 252 g/mol. The zero-order chi connectivity index (χ0) is 13.0. The first-order valence-corrected chi connectivity index (χ1v) is 7.25. The molecule has 1 aromatic carbocycles. The van der Waals surface area contributed by atoms with Crippen molar-refractivity contribution in [3.63, 3.8) is 0 Å². The monoisotopic (exact) mass is 268 g/mol. The molecule has 0 unspecified atom stereocenters. The number of hydrogen-bond acceptors (Lipinski definition) is 4. The van der Waals surface area contributed by atoms with Crippen LogP contribution < -0.4 is 0 Å². The molecule has 2 rings (SSSR count). The highest BCUT2D eigenvalue weighted by Gasteiger charge is 2.25. The Kier molecular flexibility index (Phi) is 4.16. The van der Waals surface area contributed by atoms with Gasteiger partial charge >= 0.3 is 0 Å². The van der Waals surface area contributed by atoms with E-state index in [2.05, 4.69) is 6.58 Å². The Bertz CT molecular complexity index is 495. The Morgan fingerprint density at radius 3 is 2.67 bits per heavy atom. The van der Waals surface area contributed by atoms with Gasteiger partial charge in [0.25, 0.3) is 10.1 Å². The highest BCUT2D eigenvalue weighted by atomic mass is 32.2. The van der Waals surface area contributed by atoms with Crippen LogP contribution in [0.2, 0.25) is 0 Å². The van der Waals surface area contributed by atoms with Gasteiger partial charge in [0.05, 0.1) is 23.7 Å². The Labute approximate surface area is 107 Å². The van der Waals surface area contributed by atoms with Crippen molar-refractivity contribution in [2.24, 2.45) is 0 Å². The Morgan fingerprint density at radius 2 is 2.06 bits per heavy atom. The second-order valence-electron chi connectivity index (χ2n) is 4.16. The molecule has 0 radical (unpaired) electrons. The average molecular weight is 268 g/mol. The van der Waals surface area contributed by atoms with Crippen molar-refractivity contribution in [2.75, 3.05) is 6.61 Å². The van der Waals surface area contributed by atoms with Crippen LogP contribution in [0.3, 0.4) is 0 Å². The summed E-state index contributed by atoms with van der Waals surface area (Å²) in [6.45, 7) is 3.71. The quantitative estimate of drug-likeness (QED) is 0.606. The van der Waals surface area contributed by atoms with E-state index in [-0.39, 0.29) is 23.7 Å². The molecule has 0 aliphatic carbocycles. The van der Waals surface area contributed by atoms with Crippen LogP contribution in [0.1, 0.15) is 12.8 Å². The third-order valence-corrected chi connectivity index (χ3v) is 4.14. The third-order valence-electron chi connectivity index (χ3n) is 2.84. The van der Waals surface area contributed by atoms with Crippen molar-refractivity contribution < 1.29 is 17.3 Å². The fourth-order valence-electron chi connectivity index (χ4n) is 1.85. The van der Waals surface area contributed by atoms with Crippen molar-refractivity contribution in [3.8, 4) is 0 Å². The van der Waals surface area contributed by atoms with Crippen molar-refractivity contribution in [3.05, 3.63) is 43.0 Å². The van der Waals surface area contributed by atoms with Gasteiger partial charge in [0.2, 0.25) is 0 Å². The molecule has 1 fully saturated rings. The molecule has 1 aliphatic rings. The van der Waals surface area contributed by atoms with Crippen LogP contribution in [0.4, 0.5) is 0 Å². The van der Waals surface area contributed by atoms with Crippen LogP contribution >= 0.6 is 0 Å². The van der Waals surface area contributed by atoms with Gasteiger partial charge in [-0.3, -0.25) is 4.18 Å². The zero-order valence-electron chi connectivity index (χ0n) is 9.99. The van der Waals surface area contributed by atoms with Crippen molar-refractivity contribution in [1.82, 2.24) is 0 Å². The average Bonchev–Trinajstić information content (AvgIpc) is 2.86. The summed E-state index contributed by atoms with van der Waals surface area (Å²) in [5, 5.41) is 0. The van der Waals surface area contributed by atoms with Gasteiger partial charge in [-0.2, -0.15) is 8.42 Å². The number of hydrogen-bond donors (Lipinski definition) is 0. The molecule has 1 saturated heterocycles. The molecule has 1 aliphatic heterocycles. The first kappa shape index (κ1) is 13.3. The molecule has 0 N–H and O–H groups in total. The summed E-state index contributed by atoms with van der Waals surface area (Å²) in [6, 6.07) is 8.11. The molecule has 4 nitrogen and oxygen atoms in total. The van der Waals surface area contributed by atoms with E-state index >= 15 is 0 Å². The lowest BCUT2D eigenvalue weighted by molar-refractivity contribution is 0.0400. The second-order valence-corrected chi connectivity index (χ2v) is 5.78. The lowest BCUT2D eigenvalue weighted by Crippen LogP contribution is -2.19. The summed E-state index contributed by atoms with van der Waals surface area (Å²) in [5.41, 5.74) is 0. The van der Waals surface area contributed by atoms with E-state index in [1.165, 1.54) is 12.1 Å². The van der Waals surface area contributed by atoms with E-state index in [1.54, 1.807) is 24.3 Å². The van der Waals surface area contributed by atoms with Crippen LogP contribution in [0.5, 0.6) is 0 Å². The fraction of sp³-hybridized carbons (Fsp3) is 0.385. The van der Waals surface area contributed by atoms with E-state index in [1.807, 2.05) is 0 Å². The van der Waals surface area contributed by atoms with Gasteiger partial charge in [0.1, 0.15) is 0 Å². The minimum absolute atomic E-state index is 0.0121. The maximum atomic E-state index is 11.8. The maximum Gasteiger partial charge on any atom is 0.297 e. The minimum atomic E-state index is -3.68. The highest BCUT2D eigenvalue weighted by molar-refractivity contribution is 7.86. The summed E-state index contributed by atoms with van der Waals surface area (Å²) in [5.74, 6) is 0. The van der Waals surface area contributed by atoms with E-state index in [0.717, 1.165) is 12.8 Å². The molecule has 2 atom stereocenters. The van der Waals surface area contributed by atoms with Crippen LogP contribution in [0.25, 0.3) is 0 Å². The molecule has 1 heterocycles. The van der Waals surface area contributed by atoms with E-state index < -0.39 is 10.1 Å². The lowest BCUT2D eigenvalue weighted by atomic mass is 10.2. The zero-order valence-corrected chi connectivity index (χ0v) is 10.8. The van der Waals surface area contributed by atoms with Gasteiger partial charge < -0.3 is 4.74 Å². The molecule has 5 heteroatoms. The van der Waals surface area contributed by atoms with Crippen LogP contribution in [0, 0.1) is 0 Å². The second kappa shape index (κ2) is 5.65. The van der Waals surface area contributed by atoms with E-state index in [0.29, 0.717) is 0 Å². The Morgan fingerprint density at radius 1 is 1.33 bits per heavy atom. The predicted octanol–water partition coefficient (Wildman–Crippen LogP) is 2.13. The fourth-order valence-corrected chi connectivity index (χ4v) is 2.81. The topological polar surface area (TPSA) is 52.6 Å². The van der Waals surface area contributed by atoms with E-state index in [9.17, 15) is 8.42 Å². The van der Waals surface area contributed by atoms with E-state index in [4.69, 9.17) is 8.92 Å². The Balaban J connectivity index is 1.92. The SMILES string of the molecule is C=C[C@@H]1CC[C@@H](COS(=O)(=O)c2ccccc2)O1. The smallest absolute Gasteiger partial charge is 0.297 e. The molecule has 18 heavy (non-hydrogen) atoms. The number of benzene rings is 1. The van der Waals surface area contributed by atoms with Crippen LogP contribution in [-0.2, 0) is 19.0 Å². The Hall–Kier alpha value is -1.17. The van der Waals surface area contributed by atoms with Gasteiger partial charge in [-0.1, -0.05) is 24.3 Å². The summed E-state index contributed by atoms with van der Waals surface area (Å²) in [4.78, 5) is 0.170. The summed E-state index contributed by atoms with van der Waals surface area (Å²) in [7, 11) is -3.68. The molecular formula is C13H16O4S.